The second-order valence-corrected chi connectivity index (χ2v) is 7.44. The fraction of sp³-hybridized carbons (Fsp3) is 0.167. The van der Waals surface area contributed by atoms with Gasteiger partial charge in [-0.3, -0.25) is 9.36 Å². The number of ether oxygens (including phenoxy) is 1. The summed E-state index contributed by atoms with van der Waals surface area (Å²) in [6, 6.07) is 16.4. The third-order valence-electron chi connectivity index (χ3n) is 3.56. The first-order valence-electron chi connectivity index (χ1n) is 7.82. The van der Waals surface area contributed by atoms with E-state index in [1.165, 1.54) is 6.08 Å². The van der Waals surface area contributed by atoms with Crippen LogP contribution < -0.4 is 4.74 Å². The molecule has 0 heterocycles. The van der Waals surface area contributed by atoms with Crippen molar-refractivity contribution < 1.29 is 23.1 Å². The number of hydrogen-bond acceptors (Lipinski definition) is 5. The van der Waals surface area contributed by atoms with Gasteiger partial charge in [-0.2, -0.15) is 0 Å². The van der Waals surface area contributed by atoms with Crippen LogP contribution in [0.2, 0.25) is 0 Å². The van der Waals surface area contributed by atoms with Crippen LogP contribution in [0.25, 0.3) is 16.5 Å². The maximum absolute atomic E-state index is 12.6. The minimum atomic E-state index is -3.89. The first-order valence-corrected chi connectivity index (χ1v) is 9.36. The van der Waals surface area contributed by atoms with Gasteiger partial charge in [0.2, 0.25) is 0 Å². The van der Waals surface area contributed by atoms with E-state index in [-0.39, 0.29) is 5.31 Å². The van der Waals surface area contributed by atoms with E-state index in [2.05, 4.69) is 10.0 Å². The average molecular weight is 387 g/mol. The molecule has 0 radical (unpaired) electrons. The number of carbonyl (C=O) groups excluding carboxylic acids is 1. The van der Waals surface area contributed by atoms with Gasteiger partial charge >= 0.3 is 7.60 Å². The molecule has 140 valence electrons. The molecule has 0 saturated heterocycles. The van der Waals surface area contributed by atoms with Crippen molar-refractivity contribution in [2.24, 2.45) is 5.11 Å². The summed E-state index contributed by atoms with van der Waals surface area (Å²) in [5.74, 6) is -0.408. The van der Waals surface area contributed by atoms with Gasteiger partial charge in [0.05, 0.1) is 0 Å². The van der Waals surface area contributed by atoms with E-state index in [9.17, 15) is 9.36 Å². The van der Waals surface area contributed by atoms with Crippen LogP contribution in [0.5, 0.6) is 5.75 Å². The Balaban J connectivity index is 2.22. The van der Waals surface area contributed by atoms with Crippen LogP contribution in [0.15, 0.2) is 65.0 Å². The zero-order valence-electron chi connectivity index (χ0n) is 14.8. The maximum atomic E-state index is 12.6. The number of rotatable bonds is 8. The van der Waals surface area contributed by atoms with Crippen LogP contribution in [0.4, 0.5) is 0 Å². The predicted octanol–water partition coefficient (Wildman–Crippen LogP) is 4.93. The Bertz CT molecular complexity index is 898. The average Bonchev–Trinajstić information content (AvgIpc) is 2.71. The molecule has 0 aliphatic heterocycles. The van der Waals surface area contributed by atoms with E-state index in [0.717, 1.165) is 19.8 Å². The van der Waals surface area contributed by atoms with Crippen LogP contribution in [0, 0.1) is 0 Å². The van der Waals surface area contributed by atoms with E-state index >= 15 is 0 Å². The van der Waals surface area contributed by atoms with E-state index in [0.29, 0.717) is 17.9 Å². The van der Waals surface area contributed by atoms with Crippen LogP contribution in [0.3, 0.4) is 0 Å². The van der Waals surface area contributed by atoms with Gasteiger partial charge in [-0.15, -0.1) is 0 Å². The summed E-state index contributed by atoms with van der Waals surface area (Å²) in [6.45, 7) is 0.416. The Hall–Kier alpha value is -2.89. The lowest BCUT2D eigenvalue weighted by molar-refractivity contribution is -0.114. The predicted molar refractivity (Wildman–Crippen MR) is 101 cm³/mol. The van der Waals surface area contributed by atoms with Gasteiger partial charge in [0, 0.05) is 19.1 Å². The number of benzene rings is 2. The lowest BCUT2D eigenvalue weighted by Crippen LogP contribution is -2.02. The molecule has 0 aliphatic rings. The summed E-state index contributed by atoms with van der Waals surface area (Å²) < 4.78 is 27.9. The van der Waals surface area contributed by atoms with E-state index < -0.39 is 13.5 Å². The number of carbonyl (C=O) groups is 1. The molecule has 8 nitrogen and oxygen atoms in total. The van der Waals surface area contributed by atoms with Gasteiger partial charge in [-0.1, -0.05) is 42.5 Å². The molecule has 0 unspecified atom stereocenters. The lowest BCUT2D eigenvalue weighted by atomic mass is 10.2. The molecule has 1 amide bonds. The van der Waals surface area contributed by atoms with Crippen molar-refractivity contribution in [2.45, 2.75) is 6.61 Å². The van der Waals surface area contributed by atoms with E-state index in [1.54, 1.807) is 24.3 Å². The highest BCUT2D eigenvalue weighted by Gasteiger charge is 2.32. The third-order valence-corrected chi connectivity index (χ3v) is 5.43. The standard InChI is InChI=1S/C18H18N3O5P/c1-24-27(23,25-2)17(18(22)20-21-19)12-14-8-10-16(11-9-14)26-13-15-6-4-3-5-7-15/h3-12H,13H2,1-2H3/b17-12+. The molecule has 9 heteroatoms. The number of nitrogens with zero attached hydrogens (tertiary/aromatic N) is 3. The molecular formula is C18H18N3O5P. The summed E-state index contributed by atoms with van der Waals surface area (Å²) in [5.41, 5.74) is 10.0. The maximum Gasteiger partial charge on any atom is 0.364 e. The Morgan fingerprint density at radius 1 is 1.11 bits per heavy atom. The number of hydrogen-bond donors (Lipinski definition) is 0. The van der Waals surface area contributed by atoms with Crippen molar-refractivity contribution >= 4 is 19.6 Å². The van der Waals surface area contributed by atoms with Gasteiger partial charge in [0.1, 0.15) is 17.7 Å². The van der Waals surface area contributed by atoms with Gasteiger partial charge in [-0.25, -0.2) is 0 Å². The summed E-state index contributed by atoms with van der Waals surface area (Å²) in [6.07, 6.45) is 1.30. The number of amides is 1. The summed E-state index contributed by atoms with van der Waals surface area (Å²) in [5, 5.41) is 2.62. The molecule has 0 aromatic heterocycles. The normalized spacial score (nSPS) is 11.6. The second kappa shape index (κ2) is 9.71. The first kappa shape index (κ1) is 20.4. The summed E-state index contributed by atoms with van der Waals surface area (Å²) in [4.78, 5) is 14.4. The Kier molecular flexibility index (Phi) is 7.34. The molecule has 0 N–H and O–H groups in total. The van der Waals surface area contributed by atoms with Crippen LogP contribution in [0.1, 0.15) is 11.1 Å². The quantitative estimate of drug-likeness (QED) is 0.210. The van der Waals surface area contributed by atoms with Crippen LogP contribution in [-0.4, -0.2) is 20.1 Å². The van der Waals surface area contributed by atoms with Crippen molar-refractivity contribution in [3.63, 3.8) is 0 Å². The summed E-state index contributed by atoms with van der Waals surface area (Å²) in [7, 11) is -1.61. The molecular weight excluding hydrogens is 369 g/mol. The Labute approximate surface area is 156 Å². The van der Waals surface area contributed by atoms with E-state index in [1.807, 2.05) is 30.3 Å². The van der Waals surface area contributed by atoms with Gasteiger partial charge in [-0.05, 0) is 40.0 Å². The zero-order valence-corrected chi connectivity index (χ0v) is 15.7. The highest BCUT2D eigenvalue weighted by molar-refractivity contribution is 7.60. The largest absolute Gasteiger partial charge is 0.489 e. The minimum absolute atomic E-state index is 0.358. The van der Waals surface area contributed by atoms with E-state index in [4.69, 9.17) is 19.3 Å². The molecule has 0 saturated carbocycles. The van der Waals surface area contributed by atoms with Gasteiger partial charge in [0.25, 0.3) is 5.91 Å². The monoisotopic (exact) mass is 387 g/mol. The molecule has 0 spiro atoms. The van der Waals surface area contributed by atoms with Gasteiger partial charge in [0.15, 0.2) is 0 Å². The SMILES string of the molecule is COP(=O)(OC)/C(=C/c1ccc(OCc2ccccc2)cc1)C(=O)N=[N+]=[N-]. The molecule has 0 bridgehead atoms. The topological polar surface area (TPSA) is 111 Å². The minimum Gasteiger partial charge on any atom is -0.489 e. The second-order valence-electron chi connectivity index (χ2n) is 5.23. The molecule has 27 heavy (non-hydrogen) atoms. The molecule has 2 rings (SSSR count). The van der Waals surface area contributed by atoms with Crippen molar-refractivity contribution in [1.82, 2.24) is 0 Å². The van der Waals surface area contributed by atoms with Crippen molar-refractivity contribution in [3.8, 4) is 5.75 Å². The highest BCUT2D eigenvalue weighted by atomic mass is 31.2. The smallest absolute Gasteiger partial charge is 0.364 e. The molecule has 2 aromatic carbocycles. The number of azide groups is 1. The molecule has 0 fully saturated rings. The molecule has 0 aliphatic carbocycles. The first-order chi connectivity index (χ1) is 13.0. The highest BCUT2D eigenvalue weighted by Crippen LogP contribution is 2.55. The fourth-order valence-electron chi connectivity index (χ4n) is 2.18. The van der Waals surface area contributed by atoms with Gasteiger partial charge < -0.3 is 13.8 Å². The Morgan fingerprint density at radius 2 is 1.74 bits per heavy atom. The van der Waals surface area contributed by atoms with Crippen molar-refractivity contribution in [2.75, 3.05) is 14.2 Å². The Morgan fingerprint density at radius 3 is 2.30 bits per heavy atom. The summed E-state index contributed by atoms with van der Waals surface area (Å²) >= 11 is 0. The van der Waals surface area contributed by atoms with Crippen molar-refractivity contribution in [1.29, 1.82) is 0 Å². The van der Waals surface area contributed by atoms with Crippen LogP contribution >= 0.6 is 7.60 Å². The van der Waals surface area contributed by atoms with Crippen LogP contribution in [-0.2, 0) is 25.0 Å². The zero-order chi connectivity index (χ0) is 19.7. The van der Waals surface area contributed by atoms with Crippen molar-refractivity contribution in [3.05, 3.63) is 81.5 Å². The fourth-order valence-corrected chi connectivity index (χ4v) is 3.31. The third kappa shape index (κ3) is 5.54. The lowest BCUT2D eigenvalue weighted by Gasteiger charge is -2.15. The molecule has 2 aromatic rings. The molecule has 0 atom stereocenters.